The van der Waals surface area contributed by atoms with E-state index in [2.05, 4.69) is 12.2 Å². The quantitative estimate of drug-likeness (QED) is 0.604. The zero-order valence-corrected chi connectivity index (χ0v) is 11.1. The first kappa shape index (κ1) is 14.5. The topological polar surface area (TPSA) is 55.1 Å². The van der Waals surface area contributed by atoms with Gasteiger partial charge in [0.15, 0.2) is 0 Å². The Morgan fingerprint density at radius 1 is 1.33 bits per heavy atom. The summed E-state index contributed by atoms with van der Waals surface area (Å²) in [6.45, 7) is 4.30. The molecule has 0 radical (unpaired) electrons. The lowest BCUT2D eigenvalue weighted by Gasteiger charge is -2.08. The van der Waals surface area contributed by atoms with Crippen LogP contribution in [0, 0.1) is 12.7 Å². The summed E-state index contributed by atoms with van der Waals surface area (Å²) in [5, 5.41) is 2.72. The average Bonchev–Trinajstić information content (AvgIpc) is 2.33. The molecule has 0 aliphatic heterocycles. The van der Waals surface area contributed by atoms with Gasteiger partial charge in [0.05, 0.1) is 5.56 Å². The van der Waals surface area contributed by atoms with E-state index in [1.165, 1.54) is 12.1 Å². The Morgan fingerprint density at radius 3 is 2.72 bits per heavy atom. The van der Waals surface area contributed by atoms with Gasteiger partial charge in [-0.05, 0) is 31.0 Å². The Kier molecular flexibility index (Phi) is 5.62. The predicted molar refractivity (Wildman–Crippen MR) is 72.0 cm³/mol. The highest BCUT2D eigenvalue weighted by atomic mass is 19.1. The van der Waals surface area contributed by atoms with Crippen molar-refractivity contribution in [3.05, 3.63) is 29.1 Å². The number of nitrogens with two attached hydrogens (primary N) is 1. The first-order valence-electron chi connectivity index (χ1n) is 6.40. The van der Waals surface area contributed by atoms with E-state index in [0.29, 0.717) is 17.8 Å². The number of carbonyl (C=O) groups is 1. The average molecular weight is 252 g/mol. The monoisotopic (exact) mass is 252 g/mol. The van der Waals surface area contributed by atoms with Crippen LogP contribution in [0.25, 0.3) is 0 Å². The molecule has 0 saturated carbocycles. The molecule has 0 bridgehead atoms. The Balaban J connectivity index is 2.56. The summed E-state index contributed by atoms with van der Waals surface area (Å²) < 4.78 is 13.7. The molecule has 0 saturated heterocycles. The van der Waals surface area contributed by atoms with Gasteiger partial charge >= 0.3 is 0 Å². The molecule has 1 amide bonds. The van der Waals surface area contributed by atoms with Crippen molar-refractivity contribution in [2.45, 2.75) is 39.5 Å². The van der Waals surface area contributed by atoms with Crippen molar-refractivity contribution in [1.82, 2.24) is 5.32 Å². The first-order valence-corrected chi connectivity index (χ1v) is 6.40. The summed E-state index contributed by atoms with van der Waals surface area (Å²) in [6.07, 6.45) is 4.30. The highest BCUT2D eigenvalue weighted by molar-refractivity contribution is 5.95. The van der Waals surface area contributed by atoms with E-state index in [0.717, 1.165) is 25.7 Å². The standard InChI is InChI=1S/C14H21FN2O/c1-3-4-5-6-7-17-14(18)12-9-11(16)8-10(2)13(12)15/h8-9H,3-7,16H2,1-2H3,(H,17,18). The van der Waals surface area contributed by atoms with Gasteiger partial charge in [0.2, 0.25) is 0 Å². The fourth-order valence-corrected chi connectivity index (χ4v) is 1.81. The van der Waals surface area contributed by atoms with E-state index in [4.69, 9.17) is 5.73 Å². The Morgan fingerprint density at radius 2 is 2.06 bits per heavy atom. The predicted octanol–water partition coefficient (Wildman–Crippen LogP) is 3.03. The lowest BCUT2D eigenvalue weighted by atomic mass is 10.1. The van der Waals surface area contributed by atoms with Gasteiger partial charge in [-0.1, -0.05) is 26.2 Å². The van der Waals surface area contributed by atoms with Crippen molar-refractivity contribution >= 4 is 11.6 Å². The van der Waals surface area contributed by atoms with Gasteiger partial charge in [0.25, 0.3) is 5.91 Å². The third-order valence-corrected chi connectivity index (χ3v) is 2.84. The van der Waals surface area contributed by atoms with Crippen LogP contribution in [-0.2, 0) is 0 Å². The molecule has 0 spiro atoms. The zero-order valence-electron chi connectivity index (χ0n) is 11.1. The van der Waals surface area contributed by atoms with E-state index in [1.807, 2.05) is 0 Å². The molecule has 0 unspecified atom stereocenters. The number of benzene rings is 1. The molecule has 1 aromatic rings. The minimum atomic E-state index is -0.491. The number of amides is 1. The van der Waals surface area contributed by atoms with E-state index in [9.17, 15) is 9.18 Å². The molecule has 1 aromatic carbocycles. The molecular formula is C14H21FN2O. The van der Waals surface area contributed by atoms with E-state index in [-0.39, 0.29) is 11.5 Å². The number of hydrogen-bond acceptors (Lipinski definition) is 2. The minimum absolute atomic E-state index is 0.0305. The van der Waals surface area contributed by atoms with Crippen LogP contribution in [0.1, 0.15) is 48.5 Å². The second-order valence-electron chi connectivity index (χ2n) is 4.52. The number of nitrogens with one attached hydrogen (secondary N) is 1. The summed E-state index contributed by atoms with van der Waals surface area (Å²) in [5.41, 5.74) is 6.45. The summed E-state index contributed by atoms with van der Waals surface area (Å²) >= 11 is 0. The number of halogens is 1. The van der Waals surface area contributed by atoms with Gasteiger partial charge in [-0.2, -0.15) is 0 Å². The molecule has 0 heterocycles. The van der Waals surface area contributed by atoms with E-state index >= 15 is 0 Å². The molecular weight excluding hydrogens is 231 g/mol. The SMILES string of the molecule is CCCCCCNC(=O)c1cc(N)cc(C)c1F. The van der Waals surface area contributed by atoms with Gasteiger partial charge in [-0.15, -0.1) is 0 Å². The maximum atomic E-state index is 13.7. The van der Waals surface area contributed by atoms with Crippen molar-refractivity contribution in [2.75, 3.05) is 12.3 Å². The number of rotatable bonds is 6. The van der Waals surface area contributed by atoms with Crippen molar-refractivity contribution in [3.63, 3.8) is 0 Å². The lowest BCUT2D eigenvalue weighted by Crippen LogP contribution is -2.25. The van der Waals surface area contributed by atoms with Crippen molar-refractivity contribution < 1.29 is 9.18 Å². The van der Waals surface area contributed by atoms with E-state index < -0.39 is 5.82 Å². The van der Waals surface area contributed by atoms with Crippen LogP contribution in [0.3, 0.4) is 0 Å². The summed E-state index contributed by atoms with van der Waals surface area (Å²) in [5.74, 6) is -0.880. The number of unbranched alkanes of at least 4 members (excludes halogenated alkanes) is 3. The molecule has 0 aliphatic rings. The maximum absolute atomic E-state index is 13.7. The fourth-order valence-electron chi connectivity index (χ4n) is 1.81. The van der Waals surface area contributed by atoms with Crippen LogP contribution in [0.5, 0.6) is 0 Å². The molecule has 0 aromatic heterocycles. The van der Waals surface area contributed by atoms with Crippen LogP contribution in [0.4, 0.5) is 10.1 Å². The number of aryl methyl sites for hydroxylation is 1. The second-order valence-corrected chi connectivity index (χ2v) is 4.52. The minimum Gasteiger partial charge on any atom is -0.399 e. The highest BCUT2D eigenvalue weighted by Gasteiger charge is 2.13. The molecule has 18 heavy (non-hydrogen) atoms. The smallest absolute Gasteiger partial charge is 0.254 e. The Bertz CT molecular complexity index is 419. The van der Waals surface area contributed by atoms with Crippen LogP contribution >= 0.6 is 0 Å². The fraction of sp³-hybridized carbons (Fsp3) is 0.500. The van der Waals surface area contributed by atoms with Gasteiger partial charge in [-0.3, -0.25) is 4.79 Å². The summed E-state index contributed by atoms with van der Waals surface area (Å²) in [6, 6.07) is 2.90. The molecule has 0 atom stereocenters. The van der Waals surface area contributed by atoms with Crippen molar-refractivity contribution in [3.8, 4) is 0 Å². The Labute approximate surface area is 108 Å². The normalized spacial score (nSPS) is 10.4. The number of carbonyl (C=O) groups excluding carboxylic acids is 1. The van der Waals surface area contributed by atoms with Crippen LogP contribution in [0.2, 0.25) is 0 Å². The van der Waals surface area contributed by atoms with Crippen molar-refractivity contribution in [2.24, 2.45) is 0 Å². The van der Waals surface area contributed by atoms with Crippen molar-refractivity contribution in [1.29, 1.82) is 0 Å². The summed E-state index contributed by atoms with van der Waals surface area (Å²) in [4.78, 5) is 11.8. The number of hydrogen-bond donors (Lipinski definition) is 2. The molecule has 3 nitrogen and oxygen atoms in total. The highest BCUT2D eigenvalue weighted by Crippen LogP contribution is 2.16. The third-order valence-electron chi connectivity index (χ3n) is 2.84. The van der Waals surface area contributed by atoms with Gasteiger partial charge in [0, 0.05) is 12.2 Å². The van der Waals surface area contributed by atoms with Crippen LogP contribution in [-0.4, -0.2) is 12.5 Å². The molecule has 100 valence electrons. The lowest BCUT2D eigenvalue weighted by molar-refractivity contribution is 0.0949. The van der Waals surface area contributed by atoms with Crippen LogP contribution in [0.15, 0.2) is 12.1 Å². The molecule has 0 fully saturated rings. The summed E-state index contributed by atoms with van der Waals surface area (Å²) in [7, 11) is 0. The zero-order chi connectivity index (χ0) is 13.5. The molecule has 3 N–H and O–H groups in total. The van der Waals surface area contributed by atoms with Gasteiger partial charge in [-0.25, -0.2) is 4.39 Å². The second kappa shape index (κ2) is 6.99. The van der Waals surface area contributed by atoms with Gasteiger partial charge < -0.3 is 11.1 Å². The van der Waals surface area contributed by atoms with E-state index in [1.54, 1.807) is 6.92 Å². The molecule has 0 aliphatic carbocycles. The maximum Gasteiger partial charge on any atom is 0.254 e. The molecule has 1 rings (SSSR count). The van der Waals surface area contributed by atoms with Crippen LogP contribution < -0.4 is 11.1 Å². The largest absolute Gasteiger partial charge is 0.399 e. The molecule has 4 heteroatoms. The number of anilines is 1. The number of nitrogen functional groups attached to an aromatic ring is 1. The first-order chi connectivity index (χ1) is 8.56. The Hall–Kier alpha value is -1.58. The third kappa shape index (κ3) is 4.02. The van der Waals surface area contributed by atoms with Gasteiger partial charge in [0.1, 0.15) is 5.82 Å².